The molecule has 0 radical (unpaired) electrons. The predicted octanol–water partition coefficient (Wildman–Crippen LogP) is 3.34. The summed E-state index contributed by atoms with van der Waals surface area (Å²) in [5.41, 5.74) is 3.88. The second-order valence-electron chi connectivity index (χ2n) is 5.58. The molecule has 0 aliphatic rings. The Labute approximate surface area is 136 Å². The number of aryl methyl sites for hydroxylation is 2. The number of amides is 1. The van der Waals surface area contributed by atoms with Gasteiger partial charge in [0.2, 0.25) is 0 Å². The number of carbonyl (C=O) groups excluding carboxylic acids is 1. The molecule has 23 heavy (non-hydrogen) atoms. The molecule has 4 heteroatoms. The summed E-state index contributed by atoms with van der Waals surface area (Å²) in [6.07, 6.45) is 0.722. The van der Waals surface area contributed by atoms with Crippen molar-refractivity contribution in [3.05, 3.63) is 65.5 Å². The SMILES string of the molecule is CCn1c(CCNC(=O)c2ccccc2C)nc2ccccc21. The van der Waals surface area contributed by atoms with Crippen LogP contribution in [0.25, 0.3) is 11.0 Å². The van der Waals surface area contributed by atoms with E-state index in [2.05, 4.69) is 27.9 Å². The third-order valence-electron chi connectivity index (χ3n) is 4.07. The molecule has 0 fully saturated rings. The summed E-state index contributed by atoms with van der Waals surface area (Å²) < 4.78 is 2.20. The summed E-state index contributed by atoms with van der Waals surface area (Å²) in [6.45, 7) is 5.52. The monoisotopic (exact) mass is 307 g/mol. The Hall–Kier alpha value is -2.62. The van der Waals surface area contributed by atoms with Gasteiger partial charge < -0.3 is 9.88 Å². The van der Waals surface area contributed by atoms with Gasteiger partial charge in [0.05, 0.1) is 11.0 Å². The Morgan fingerprint density at radius 2 is 1.87 bits per heavy atom. The van der Waals surface area contributed by atoms with Crippen LogP contribution in [0.3, 0.4) is 0 Å². The van der Waals surface area contributed by atoms with Crippen LogP contribution in [0.15, 0.2) is 48.5 Å². The Bertz CT molecular complexity index is 836. The van der Waals surface area contributed by atoms with E-state index in [0.29, 0.717) is 6.54 Å². The molecule has 0 saturated heterocycles. The molecule has 0 saturated carbocycles. The molecule has 3 aromatic rings. The summed E-state index contributed by atoms with van der Waals surface area (Å²) in [7, 11) is 0. The van der Waals surface area contributed by atoms with Gasteiger partial charge in [-0.1, -0.05) is 30.3 Å². The van der Waals surface area contributed by atoms with E-state index in [-0.39, 0.29) is 5.91 Å². The third-order valence-corrected chi connectivity index (χ3v) is 4.07. The average Bonchev–Trinajstić information content (AvgIpc) is 2.92. The number of hydrogen-bond acceptors (Lipinski definition) is 2. The first kappa shape index (κ1) is 15.3. The standard InChI is InChI=1S/C19H21N3O/c1-3-22-17-11-7-6-10-16(17)21-18(22)12-13-20-19(23)15-9-5-4-8-14(15)2/h4-11H,3,12-13H2,1-2H3,(H,20,23). The first-order valence-electron chi connectivity index (χ1n) is 7.98. The van der Waals surface area contributed by atoms with E-state index in [4.69, 9.17) is 0 Å². The van der Waals surface area contributed by atoms with Gasteiger partial charge in [-0.15, -0.1) is 0 Å². The first-order chi connectivity index (χ1) is 11.2. The van der Waals surface area contributed by atoms with Crippen molar-refractivity contribution in [2.45, 2.75) is 26.8 Å². The van der Waals surface area contributed by atoms with Crippen LogP contribution in [-0.4, -0.2) is 22.0 Å². The second-order valence-corrected chi connectivity index (χ2v) is 5.58. The van der Waals surface area contributed by atoms with E-state index in [0.717, 1.165) is 41.0 Å². The van der Waals surface area contributed by atoms with Crippen molar-refractivity contribution in [2.75, 3.05) is 6.54 Å². The smallest absolute Gasteiger partial charge is 0.251 e. The molecule has 1 aromatic heterocycles. The highest BCUT2D eigenvalue weighted by atomic mass is 16.1. The highest BCUT2D eigenvalue weighted by Gasteiger charge is 2.11. The van der Waals surface area contributed by atoms with Gasteiger partial charge >= 0.3 is 0 Å². The third kappa shape index (κ3) is 3.11. The van der Waals surface area contributed by atoms with Gasteiger partial charge in [-0.2, -0.15) is 0 Å². The topological polar surface area (TPSA) is 46.9 Å². The molecular formula is C19H21N3O. The summed E-state index contributed by atoms with van der Waals surface area (Å²) >= 11 is 0. The van der Waals surface area contributed by atoms with Crippen molar-refractivity contribution < 1.29 is 4.79 Å². The molecule has 118 valence electrons. The van der Waals surface area contributed by atoms with E-state index < -0.39 is 0 Å². The zero-order valence-electron chi connectivity index (χ0n) is 13.5. The number of nitrogens with zero attached hydrogens (tertiary/aromatic N) is 2. The van der Waals surface area contributed by atoms with Crippen LogP contribution in [0.4, 0.5) is 0 Å². The van der Waals surface area contributed by atoms with Gasteiger partial charge in [0.1, 0.15) is 5.82 Å². The number of nitrogens with one attached hydrogen (secondary N) is 1. The maximum Gasteiger partial charge on any atom is 0.251 e. The van der Waals surface area contributed by atoms with Crippen LogP contribution in [0.1, 0.15) is 28.7 Å². The average molecular weight is 307 g/mol. The van der Waals surface area contributed by atoms with E-state index >= 15 is 0 Å². The van der Waals surface area contributed by atoms with Crippen LogP contribution in [0, 0.1) is 6.92 Å². The summed E-state index contributed by atoms with van der Waals surface area (Å²) in [5.74, 6) is 0.987. The van der Waals surface area contributed by atoms with Crippen LogP contribution < -0.4 is 5.32 Å². The minimum atomic E-state index is -0.0257. The van der Waals surface area contributed by atoms with Gasteiger partial charge in [0, 0.05) is 25.1 Å². The van der Waals surface area contributed by atoms with Gasteiger partial charge in [-0.25, -0.2) is 4.98 Å². The largest absolute Gasteiger partial charge is 0.352 e. The minimum absolute atomic E-state index is 0.0257. The van der Waals surface area contributed by atoms with Crippen molar-refractivity contribution >= 4 is 16.9 Å². The van der Waals surface area contributed by atoms with Crippen molar-refractivity contribution in [2.24, 2.45) is 0 Å². The lowest BCUT2D eigenvalue weighted by Gasteiger charge is -2.09. The fourth-order valence-electron chi connectivity index (χ4n) is 2.88. The number of fused-ring (bicyclic) bond motifs is 1. The molecule has 2 aromatic carbocycles. The highest BCUT2D eigenvalue weighted by Crippen LogP contribution is 2.16. The Morgan fingerprint density at radius 3 is 2.65 bits per heavy atom. The number of para-hydroxylation sites is 2. The quantitative estimate of drug-likeness (QED) is 0.786. The van der Waals surface area contributed by atoms with Gasteiger partial charge in [0.25, 0.3) is 5.91 Å². The molecule has 0 bridgehead atoms. The van der Waals surface area contributed by atoms with E-state index in [1.807, 2.05) is 49.4 Å². The number of aromatic nitrogens is 2. The van der Waals surface area contributed by atoms with Crippen LogP contribution in [-0.2, 0) is 13.0 Å². The number of rotatable bonds is 5. The second kappa shape index (κ2) is 6.65. The number of hydrogen-bond donors (Lipinski definition) is 1. The summed E-state index contributed by atoms with van der Waals surface area (Å²) in [5, 5.41) is 2.99. The molecule has 0 aliphatic carbocycles. The van der Waals surface area contributed by atoms with Gasteiger partial charge in [-0.3, -0.25) is 4.79 Å². The zero-order valence-corrected chi connectivity index (χ0v) is 13.5. The normalized spacial score (nSPS) is 10.9. The first-order valence-corrected chi connectivity index (χ1v) is 7.98. The maximum absolute atomic E-state index is 12.2. The Kier molecular flexibility index (Phi) is 4.42. The summed E-state index contributed by atoms with van der Waals surface area (Å²) in [4.78, 5) is 16.9. The van der Waals surface area contributed by atoms with E-state index in [9.17, 15) is 4.79 Å². The highest BCUT2D eigenvalue weighted by molar-refractivity contribution is 5.95. The van der Waals surface area contributed by atoms with Crippen molar-refractivity contribution in [3.8, 4) is 0 Å². The summed E-state index contributed by atoms with van der Waals surface area (Å²) in [6, 6.07) is 15.8. The molecule has 1 N–H and O–H groups in total. The maximum atomic E-state index is 12.2. The molecule has 0 atom stereocenters. The fourth-order valence-corrected chi connectivity index (χ4v) is 2.88. The lowest BCUT2D eigenvalue weighted by Crippen LogP contribution is -2.27. The molecule has 0 spiro atoms. The van der Waals surface area contributed by atoms with Crippen molar-refractivity contribution in [3.63, 3.8) is 0 Å². The van der Waals surface area contributed by atoms with Crippen LogP contribution in [0.2, 0.25) is 0 Å². The molecule has 3 rings (SSSR count). The molecule has 0 aliphatic heterocycles. The molecule has 1 amide bonds. The Balaban J connectivity index is 1.69. The van der Waals surface area contributed by atoms with Crippen molar-refractivity contribution in [1.29, 1.82) is 0 Å². The predicted molar refractivity (Wildman–Crippen MR) is 92.6 cm³/mol. The van der Waals surface area contributed by atoms with E-state index in [1.165, 1.54) is 0 Å². The number of imidazole rings is 1. The van der Waals surface area contributed by atoms with Crippen LogP contribution in [0.5, 0.6) is 0 Å². The van der Waals surface area contributed by atoms with Gasteiger partial charge in [-0.05, 0) is 37.6 Å². The van der Waals surface area contributed by atoms with Crippen LogP contribution >= 0.6 is 0 Å². The van der Waals surface area contributed by atoms with Crippen molar-refractivity contribution in [1.82, 2.24) is 14.9 Å². The molecular weight excluding hydrogens is 286 g/mol. The lowest BCUT2D eigenvalue weighted by molar-refractivity contribution is 0.0953. The zero-order chi connectivity index (χ0) is 16.2. The molecule has 4 nitrogen and oxygen atoms in total. The lowest BCUT2D eigenvalue weighted by atomic mass is 10.1. The van der Waals surface area contributed by atoms with Gasteiger partial charge in [0.15, 0.2) is 0 Å². The number of benzene rings is 2. The fraction of sp³-hybridized carbons (Fsp3) is 0.263. The van der Waals surface area contributed by atoms with E-state index in [1.54, 1.807) is 0 Å². The Morgan fingerprint density at radius 1 is 1.13 bits per heavy atom. The minimum Gasteiger partial charge on any atom is -0.352 e. The number of carbonyl (C=O) groups is 1. The molecule has 0 unspecified atom stereocenters. The molecule has 1 heterocycles.